The van der Waals surface area contributed by atoms with Crippen molar-refractivity contribution in [1.82, 2.24) is 15.1 Å². The summed E-state index contributed by atoms with van der Waals surface area (Å²) in [4.78, 5) is 0. The van der Waals surface area contributed by atoms with Crippen LogP contribution < -0.4 is 5.32 Å². The Bertz CT molecular complexity index is 311. The molecular weight excluding hydrogens is 186 g/mol. The summed E-state index contributed by atoms with van der Waals surface area (Å²) in [6, 6.07) is 0.667. The largest absolute Gasteiger partial charge is 0.313 e. The van der Waals surface area contributed by atoms with E-state index in [9.17, 15) is 0 Å². The molecule has 84 valence electrons. The molecule has 0 saturated heterocycles. The fraction of sp³-hybridized carbons (Fsp3) is 0.750. The number of nitrogens with one attached hydrogen (secondary N) is 1. The fourth-order valence-corrected chi connectivity index (χ4v) is 2.41. The molecule has 15 heavy (non-hydrogen) atoms. The summed E-state index contributed by atoms with van der Waals surface area (Å²) in [5.41, 5.74) is 2.70. The highest BCUT2D eigenvalue weighted by atomic mass is 15.3. The first kappa shape index (κ1) is 10.7. The molecule has 0 amide bonds. The van der Waals surface area contributed by atoms with Crippen LogP contribution in [0.3, 0.4) is 0 Å². The zero-order valence-corrected chi connectivity index (χ0v) is 9.79. The molecule has 3 heteroatoms. The predicted octanol–water partition coefficient (Wildman–Crippen LogP) is 2.42. The second kappa shape index (κ2) is 4.79. The van der Waals surface area contributed by atoms with Crippen molar-refractivity contribution in [2.75, 3.05) is 6.54 Å². The smallest absolute Gasteiger partial charge is 0.0537 e. The van der Waals surface area contributed by atoms with Crippen LogP contribution in [0.5, 0.6) is 0 Å². The van der Waals surface area contributed by atoms with Crippen LogP contribution in [0.15, 0.2) is 6.20 Å². The van der Waals surface area contributed by atoms with Gasteiger partial charge in [-0.3, -0.25) is 4.68 Å². The first-order valence-corrected chi connectivity index (χ1v) is 6.06. The average molecular weight is 207 g/mol. The maximum Gasteiger partial charge on any atom is 0.0537 e. The third-order valence-corrected chi connectivity index (χ3v) is 3.38. The number of aromatic nitrogens is 2. The van der Waals surface area contributed by atoms with Crippen LogP contribution in [0.25, 0.3) is 0 Å². The molecule has 2 rings (SSSR count). The number of hydrogen-bond acceptors (Lipinski definition) is 2. The van der Waals surface area contributed by atoms with Gasteiger partial charge >= 0.3 is 0 Å². The summed E-state index contributed by atoms with van der Waals surface area (Å²) in [6.45, 7) is 6.30. The molecule has 1 aromatic rings. The van der Waals surface area contributed by atoms with Gasteiger partial charge in [-0.2, -0.15) is 5.10 Å². The van der Waals surface area contributed by atoms with Crippen molar-refractivity contribution < 1.29 is 0 Å². The minimum absolute atomic E-state index is 0.667. The lowest BCUT2D eigenvalue weighted by Crippen LogP contribution is -2.13. The van der Waals surface area contributed by atoms with Gasteiger partial charge in [-0.05, 0) is 26.3 Å². The van der Waals surface area contributed by atoms with Crippen LogP contribution in [-0.4, -0.2) is 16.3 Å². The average Bonchev–Trinajstić information content (AvgIpc) is 2.84. The number of rotatable bonds is 4. The maximum absolute atomic E-state index is 4.53. The lowest BCUT2D eigenvalue weighted by atomic mass is 10.2. The van der Waals surface area contributed by atoms with Gasteiger partial charge in [0, 0.05) is 17.8 Å². The van der Waals surface area contributed by atoms with Crippen LogP contribution in [0.2, 0.25) is 0 Å². The van der Waals surface area contributed by atoms with Gasteiger partial charge in [0.15, 0.2) is 0 Å². The van der Waals surface area contributed by atoms with Crippen LogP contribution in [0.1, 0.15) is 49.9 Å². The van der Waals surface area contributed by atoms with Crippen LogP contribution in [0, 0.1) is 6.92 Å². The third kappa shape index (κ3) is 2.23. The van der Waals surface area contributed by atoms with Gasteiger partial charge < -0.3 is 5.32 Å². The molecular formula is C12H21N3. The molecule has 1 aliphatic rings. The Labute approximate surface area is 91.9 Å². The van der Waals surface area contributed by atoms with Gasteiger partial charge in [0.25, 0.3) is 0 Å². The van der Waals surface area contributed by atoms with E-state index in [2.05, 4.69) is 28.9 Å². The monoisotopic (exact) mass is 207 g/mol. The molecule has 1 aliphatic carbocycles. The second-order valence-electron chi connectivity index (χ2n) is 4.42. The minimum atomic E-state index is 0.667. The SMILES string of the molecule is CCNCc1cnn(C2CCCC2)c1C. The second-order valence-corrected chi connectivity index (χ2v) is 4.42. The van der Waals surface area contributed by atoms with Crippen molar-refractivity contribution in [2.24, 2.45) is 0 Å². The fourth-order valence-electron chi connectivity index (χ4n) is 2.41. The summed E-state index contributed by atoms with van der Waals surface area (Å²) < 4.78 is 2.24. The van der Waals surface area contributed by atoms with Crippen molar-refractivity contribution in [3.05, 3.63) is 17.5 Å². The first-order valence-electron chi connectivity index (χ1n) is 6.06. The Morgan fingerprint density at radius 2 is 2.20 bits per heavy atom. The zero-order chi connectivity index (χ0) is 10.7. The zero-order valence-electron chi connectivity index (χ0n) is 9.79. The molecule has 0 unspecified atom stereocenters. The highest BCUT2D eigenvalue weighted by molar-refractivity contribution is 5.16. The molecule has 1 N–H and O–H groups in total. The number of nitrogens with zero attached hydrogens (tertiary/aromatic N) is 2. The van der Waals surface area contributed by atoms with Crippen LogP contribution in [0.4, 0.5) is 0 Å². The Hall–Kier alpha value is -0.830. The summed E-state index contributed by atoms with van der Waals surface area (Å²) in [7, 11) is 0. The Morgan fingerprint density at radius 3 is 2.87 bits per heavy atom. The molecule has 1 fully saturated rings. The van der Waals surface area contributed by atoms with Gasteiger partial charge in [-0.15, -0.1) is 0 Å². The highest BCUT2D eigenvalue weighted by Crippen LogP contribution is 2.30. The highest BCUT2D eigenvalue weighted by Gasteiger charge is 2.19. The topological polar surface area (TPSA) is 29.9 Å². The van der Waals surface area contributed by atoms with E-state index < -0.39 is 0 Å². The van der Waals surface area contributed by atoms with Gasteiger partial charge in [-0.25, -0.2) is 0 Å². The minimum Gasteiger partial charge on any atom is -0.313 e. The molecule has 0 spiro atoms. The number of hydrogen-bond donors (Lipinski definition) is 1. The van der Waals surface area contributed by atoms with Gasteiger partial charge in [0.1, 0.15) is 0 Å². The van der Waals surface area contributed by atoms with Crippen molar-refractivity contribution >= 4 is 0 Å². The van der Waals surface area contributed by atoms with Crippen molar-refractivity contribution in [3.8, 4) is 0 Å². The molecule has 0 bridgehead atoms. The Morgan fingerprint density at radius 1 is 1.47 bits per heavy atom. The van der Waals surface area contributed by atoms with Crippen molar-refractivity contribution in [1.29, 1.82) is 0 Å². The van der Waals surface area contributed by atoms with E-state index >= 15 is 0 Å². The van der Waals surface area contributed by atoms with E-state index in [1.54, 1.807) is 0 Å². The van der Waals surface area contributed by atoms with E-state index in [0.29, 0.717) is 6.04 Å². The van der Waals surface area contributed by atoms with E-state index in [0.717, 1.165) is 13.1 Å². The van der Waals surface area contributed by atoms with E-state index in [1.165, 1.54) is 36.9 Å². The van der Waals surface area contributed by atoms with Gasteiger partial charge in [0.2, 0.25) is 0 Å². The lowest BCUT2D eigenvalue weighted by Gasteiger charge is -2.12. The Kier molecular flexibility index (Phi) is 3.41. The van der Waals surface area contributed by atoms with Crippen molar-refractivity contribution in [2.45, 2.75) is 52.1 Å². The molecule has 1 saturated carbocycles. The molecule has 0 aromatic carbocycles. The van der Waals surface area contributed by atoms with Crippen LogP contribution in [-0.2, 0) is 6.54 Å². The molecule has 1 heterocycles. The quantitative estimate of drug-likeness (QED) is 0.821. The summed E-state index contributed by atoms with van der Waals surface area (Å²) >= 11 is 0. The maximum atomic E-state index is 4.53. The van der Waals surface area contributed by atoms with E-state index in [-0.39, 0.29) is 0 Å². The van der Waals surface area contributed by atoms with Crippen molar-refractivity contribution in [3.63, 3.8) is 0 Å². The summed E-state index contributed by atoms with van der Waals surface area (Å²) in [5, 5.41) is 7.88. The molecule has 3 nitrogen and oxygen atoms in total. The third-order valence-electron chi connectivity index (χ3n) is 3.38. The first-order chi connectivity index (χ1) is 7.33. The molecule has 1 aromatic heterocycles. The molecule has 0 aliphatic heterocycles. The van der Waals surface area contributed by atoms with Gasteiger partial charge in [0.05, 0.1) is 12.2 Å². The normalized spacial score (nSPS) is 17.5. The molecule has 0 radical (unpaired) electrons. The van der Waals surface area contributed by atoms with Gasteiger partial charge in [-0.1, -0.05) is 19.8 Å². The lowest BCUT2D eigenvalue weighted by molar-refractivity contribution is 0.456. The van der Waals surface area contributed by atoms with E-state index in [1.807, 2.05) is 6.20 Å². The summed E-state index contributed by atoms with van der Waals surface area (Å²) in [5.74, 6) is 0. The Balaban J connectivity index is 2.08. The standard InChI is InChI=1S/C12H21N3/c1-3-13-8-11-9-14-15(10(11)2)12-6-4-5-7-12/h9,12-13H,3-8H2,1-2H3. The molecule has 0 atom stereocenters. The van der Waals surface area contributed by atoms with Crippen LogP contribution >= 0.6 is 0 Å². The summed E-state index contributed by atoms with van der Waals surface area (Å²) in [6.07, 6.45) is 7.38. The predicted molar refractivity (Wildman–Crippen MR) is 61.8 cm³/mol. The van der Waals surface area contributed by atoms with E-state index in [4.69, 9.17) is 0 Å².